The van der Waals surface area contributed by atoms with Crippen LogP contribution in [0.3, 0.4) is 0 Å². The molecule has 0 aliphatic rings. The first kappa shape index (κ1) is 19.2. The summed E-state index contributed by atoms with van der Waals surface area (Å²) in [6, 6.07) is 14.6. The number of fused-ring (bicyclic) bond motifs is 1. The number of amides is 1. The Morgan fingerprint density at radius 1 is 1.07 bits per heavy atom. The summed E-state index contributed by atoms with van der Waals surface area (Å²) in [6.45, 7) is 5.03. The van der Waals surface area contributed by atoms with Gasteiger partial charge in [0.15, 0.2) is 5.69 Å². The van der Waals surface area contributed by atoms with Crippen molar-refractivity contribution in [2.45, 2.75) is 13.8 Å². The van der Waals surface area contributed by atoms with E-state index in [4.69, 9.17) is 9.15 Å². The van der Waals surface area contributed by atoms with Crippen molar-refractivity contribution in [3.8, 4) is 5.75 Å². The second-order valence-electron chi connectivity index (χ2n) is 5.99. The van der Waals surface area contributed by atoms with E-state index in [1.54, 1.807) is 18.2 Å². The van der Waals surface area contributed by atoms with Crippen LogP contribution in [0.4, 0.5) is 11.4 Å². The molecule has 1 amide bonds. The van der Waals surface area contributed by atoms with Crippen molar-refractivity contribution in [3.63, 3.8) is 0 Å². The van der Waals surface area contributed by atoms with Crippen LogP contribution in [0.1, 0.15) is 19.4 Å². The summed E-state index contributed by atoms with van der Waals surface area (Å²) in [6.07, 6.45) is 3.04. The van der Waals surface area contributed by atoms with Gasteiger partial charge in [0.05, 0.1) is 12.3 Å². The lowest BCUT2D eigenvalue weighted by Gasteiger charge is -2.12. The molecule has 0 aliphatic carbocycles. The maximum atomic E-state index is 12.4. The van der Waals surface area contributed by atoms with Crippen LogP contribution in [0.15, 0.2) is 63.8 Å². The lowest BCUT2D eigenvalue weighted by molar-refractivity contribution is -0.111. The van der Waals surface area contributed by atoms with Crippen molar-refractivity contribution in [2.75, 3.05) is 23.8 Å². The second-order valence-corrected chi connectivity index (χ2v) is 5.99. The minimum absolute atomic E-state index is 0.0990. The van der Waals surface area contributed by atoms with Crippen molar-refractivity contribution >= 4 is 34.3 Å². The van der Waals surface area contributed by atoms with E-state index >= 15 is 0 Å². The Labute approximate surface area is 162 Å². The Kier molecular flexibility index (Phi) is 6.11. The summed E-state index contributed by atoms with van der Waals surface area (Å²) in [5, 5.41) is 6.51. The number of ether oxygens (including phenoxy) is 1. The van der Waals surface area contributed by atoms with Crippen molar-refractivity contribution in [2.24, 2.45) is 0 Å². The zero-order chi connectivity index (χ0) is 19.9. The van der Waals surface area contributed by atoms with Gasteiger partial charge in [-0.3, -0.25) is 4.79 Å². The van der Waals surface area contributed by atoms with Crippen LogP contribution >= 0.6 is 0 Å². The molecular formula is C22H22N2O4. The molecular weight excluding hydrogens is 356 g/mol. The molecule has 0 radical (unpaired) electrons. The maximum absolute atomic E-state index is 12.4. The van der Waals surface area contributed by atoms with Crippen LogP contribution in [0.2, 0.25) is 0 Å². The first-order valence-electron chi connectivity index (χ1n) is 9.14. The molecule has 6 nitrogen and oxygen atoms in total. The fourth-order valence-electron chi connectivity index (χ4n) is 2.80. The quantitative estimate of drug-likeness (QED) is 0.474. The van der Waals surface area contributed by atoms with Crippen LogP contribution < -0.4 is 21.0 Å². The fraction of sp³-hybridized carbons (Fsp3) is 0.182. The molecule has 0 spiro atoms. The normalized spacial score (nSPS) is 10.9. The molecule has 3 aromatic rings. The van der Waals surface area contributed by atoms with Gasteiger partial charge in [0.1, 0.15) is 11.3 Å². The summed E-state index contributed by atoms with van der Waals surface area (Å²) in [5.74, 6) is 0.351. The van der Waals surface area contributed by atoms with Gasteiger partial charge in [-0.25, -0.2) is 4.79 Å². The minimum Gasteiger partial charge on any atom is -0.494 e. The number of benzene rings is 2. The predicted molar refractivity (Wildman–Crippen MR) is 112 cm³/mol. The topological polar surface area (TPSA) is 80.6 Å². The average Bonchev–Trinajstić information content (AvgIpc) is 2.70. The Morgan fingerprint density at radius 3 is 2.54 bits per heavy atom. The number of carbonyl (C=O) groups is 1. The SMILES string of the molecule is CCNc1c(NC(=O)C=Cc2ccc(OCC)cc2)c(=O)oc2ccccc12. The molecule has 3 rings (SSSR count). The molecule has 0 saturated heterocycles. The number of nitrogens with one attached hydrogen (secondary N) is 2. The zero-order valence-corrected chi connectivity index (χ0v) is 15.8. The third kappa shape index (κ3) is 4.40. The second kappa shape index (κ2) is 8.90. The lowest BCUT2D eigenvalue weighted by Crippen LogP contribution is -2.18. The van der Waals surface area contributed by atoms with Crippen LogP contribution in [0, 0.1) is 0 Å². The van der Waals surface area contributed by atoms with Gasteiger partial charge in [-0.15, -0.1) is 0 Å². The van der Waals surface area contributed by atoms with Crippen molar-refractivity contribution in [1.29, 1.82) is 0 Å². The van der Waals surface area contributed by atoms with Gasteiger partial charge in [-0.05, 0) is 49.8 Å². The van der Waals surface area contributed by atoms with Crippen molar-refractivity contribution in [1.82, 2.24) is 0 Å². The summed E-state index contributed by atoms with van der Waals surface area (Å²) >= 11 is 0. The molecule has 28 heavy (non-hydrogen) atoms. The highest BCUT2D eigenvalue weighted by atomic mass is 16.5. The van der Waals surface area contributed by atoms with Crippen LogP contribution in [0.25, 0.3) is 17.0 Å². The molecule has 0 unspecified atom stereocenters. The van der Waals surface area contributed by atoms with Gasteiger partial charge in [0.25, 0.3) is 0 Å². The molecule has 2 N–H and O–H groups in total. The van der Waals surface area contributed by atoms with E-state index < -0.39 is 11.5 Å². The van der Waals surface area contributed by atoms with Gasteiger partial charge < -0.3 is 19.8 Å². The number of hydrogen-bond acceptors (Lipinski definition) is 5. The van der Waals surface area contributed by atoms with Gasteiger partial charge in [-0.1, -0.05) is 24.3 Å². The average molecular weight is 378 g/mol. The van der Waals surface area contributed by atoms with Gasteiger partial charge >= 0.3 is 5.63 Å². The van der Waals surface area contributed by atoms with E-state index in [9.17, 15) is 9.59 Å². The third-order valence-electron chi connectivity index (χ3n) is 4.03. The largest absolute Gasteiger partial charge is 0.494 e. The highest BCUT2D eigenvalue weighted by Gasteiger charge is 2.15. The third-order valence-corrected chi connectivity index (χ3v) is 4.03. The molecule has 1 heterocycles. The number of carbonyl (C=O) groups excluding carboxylic acids is 1. The lowest BCUT2D eigenvalue weighted by atomic mass is 10.1. The molecule has 0 bridgehead atoms. The van der Waals surface area contributed by atoms with Crippen molar-refractivity contribution in [3.05, 3.63) is 70.6 Å². The number of hydrogen-bond donors (Lipinski definition) is 2. The monoisotopic (exact) mass is 378 g/mol. The van der Waals surface area contributed by atoms with E-state index in [0.717, 1.165) is 16.7 Å². The first-order chi connectivity index (χ1) is 13.6. The first-order valence-corrected chi connectivity index (χ1v) is 9.14. The van der Waals surface area contributed by atoms with Crippen LogP contribution in [0.5, 0.6) is 5.75 Å². The Hall–Kier alpha value is -3.54. The van der Waals surface area contributed by atoms with Crippen LogP contribution in [-0.4, -0.2) is 19.1 Å². The minimum atomic E-state index is -0.600. The summed E-state index contributed by atoms with van der Waals surface area (Å²) in [4.78, 5) is 24.7. The van der Waals surface area contributed by atoms with E-state index in [1.165, 1.54) is 6.08 Å². The number of para-hydroxylation sites is 1. The molecule has 2 aromatic carbocycles. The Balaban J connectivity index is 1.83. The highest BCUT2D eigenvalue weighted by Crippen LogP contribution is 2.28. The van der Waals surface area contributed by atoms with Gasteiger partial charge in [-0.2, -0.15) is 0 Å². The van der Waals surface area contributed by atoms with Gasteiger partial charge in [0, 0.05) is 18.0 Å². The molecule has 0 saturated carbocycles. The number of anilines is 2. The van der Waals surface area contributed by atoms with Crippen molar-refractivity contribution < 1.29 is 13.9 Å². The zero-order valence-electron chi connectivity index (χ0n) is 15.8. The Morgan fingerprint density at radius 2 is 1.82 bits per heavy atom. The summed E-state index contributed by atoms with van der Waals surface area (Å²) < 4.78 is 10.7. The summed E-state index contributed by atoms with van der Waals surface area (Å²) in [7, 11) is 0. The van der Waals surface area contributed by atoms with E-state index in [1.807, 2.05) is 50.2 Å². The predicted octanol–water partition coefficient (Wildman–Crippen LogP) is 4.28. The Bertz CT molecular complexity index is 1050. The van der Waals surface area contributed by atoms with E-state index in [2.05, 4.69) is 10.6 Å². The fourth-order valence-corrected chi connectivity index (χ4v) is 2.80. The van der Waals surface area contributed by atoms with E-state index in [-0.39, 0.29) is 5.69 Å². The van der Waals surface area contributed by atoms with Crippen LogP contribution in [-0.2, 0) is 4.79 Å². The molecule has 1 aromatic heterocycles. The molecule has 0 fully saturated rings. The highest BCUT2D eigenvalue weighted by molar-refractivity contribution is 6.07. The molecule has 0 atom stereocenters. The number of rotatable bonds is 7. The maximum Gasteiger partial charge on any atom is 0.362 e. The molecule has 0 aliphatic heterocycles. The summed E-state index contributed by atoms with van der Waals surface area (Å²) in [5.41, 5.74) is 1.36. The van der Waals surface area contributed by atoms with E-state index in [0.29, 0.717) is 24.4 Å². The van der Waals surface area contributed by atoms with Gasteiger partial charge in [0.2, 0.25) is 5.91 Å². The molecule has 144 valence electrons. The smallest absolute Gasteiger partial charge is 0.362 e. The molecule has 6 heteroatoms. The standard InChI is InChI=1S/C22H22N2O4/c1-3-23-20-17-7-5-6-8-18(17)28-22(26)21(20)24-19(25)14-11-15-9-12-16(13-10-15)27-4-2/h5-14,23H,3-4H2,1-2H3,(H,24,25).